The Morgan fingerprint density at radius 3 is 2.39 bits per heavy atom. The van der Waals surface area contributed by atoms with Gasteiger partial charge in [-0.2, -0.15) is 5.26 Å². The highest BCUT2D eigenvalue weighted by Gasteiger charge is 2.36. The fraction of sp³-hybridized carbons (Fsp3) is 0.583. The summed E-state index contributed by atoms with van der Waals surface area (Å²) in [5, 5.41) is 25.4. The summed E-state index contributed by atoms with van der Waals surface area (Å²) in [6.45, 7) is 11.6. The van der Waals surface area contributed by atoms with Gasteiger partial charge < -0.3 is 25.4 Å². The number of alkyl carbamates (subject to hydrolysis) is 1. The van der Waals surface area contributed by atoms with Crippen LogP contribution in [0.1, 0.15) is 71.6 Å². The lowest BCUT2D eigenvalue weighted by Crippen LogP contribution is -2.52. The molecule has 1 aromatic carbocycles. The Morgan fingerprint density at radius 1 is 1.21 bits per heavy atom. The lowest BCUT2D eigenvalue weighted by atomic mass is 9.99. The van der Waals surface area contributed by atoms with Gasteiger partial charge in [0.25, 0.3) is 0 Å². The monoisotopic (exact) mass is 460 g/mol. The molecular weight excluding hydrogens is 424 g/mol. The molecule has 9 heteroatoms. The molecule has 3 atom stereocenters. The number of hydrogen-bond acceptors (Lipinski definition) is 6. The normalized spacial score (nSPS) is 13.8. The van der Waals surface area contributed by atoms with E-state index in [4.69, 9.17) is 4.74 Å². The van der Waals surface area contributed by atoms with E-state index in [1.165, 1.54) is 6.92 Å². The molecule has 1 rings (SSSR count). The molecule has 3 unspecified atom stereocenters. The van der Waals surface area contributed by atoms with Gasteiger partial charge in [0.05, 0.1) is 6.07 Å². The van der Waals surface area contributed by atoms with E-state index >= 15 is 0 Å². The summed E-state index contributed by atoms with van der Waals surface area (Å²) in [6, 6.07) is 4.28. The number of aryl methyl sites for hydroxylation is 1. The first kappa shape index (κ1) is 27.8. The number of phenolic OH excluding ortho intramolecular Hbond substituents is 1. The van der Waals surface area contributed by atoms with Crippen molar-refractivity contribution >= 4 is 17.9 Å². The molecule has 0 radical (unpaired) electrons. The van der Waals surface area contributed by atoms with E-state index in [1.807, 2.05) is 19.9 Å². The molecule has 182 valence electrons. The molecule has 9 nitrogen and oxygen atoms in total. The van der Waals surface area contributed by atoms with Gasteiger partial charge in [0.1, 0.15) is 30.0 Å². The van der Waals surface area contributed by atoms with E-state index in [1.54, 1.807) is 45.9 Å². The molecule has 0 aliphatic carbocycles. The zero-order chi connectivity index (χ0) is 25.3. The Hall–Kier alpha value is -3.28. The van der Waals surface area contributed by atoms with Crippen LogP contribution in [0.3, 0.4) is 0 Å². The quantitative estimate of drug-likeness (QED) is 0.485. The van der Waals surface area contributed by atoms with Crippen molar-refractivity contribution in [3.05, 3.63) is 29.3 Å². The maximum Gasteiger partial charge on any atom is 0.408 e. The van der Waals surface area contributed by atoms with Gasteiger partial charge in [0, 0.05) is 11.6 Å². The van der Waals surface area contributed by atoms with Crippen molar-refractivity contribution in [2.45, 2.75) is 85.0 Å². The SMILES string of the molecule is CCCC(C)NC(=O)C(c1cccc(C)c1O)N(CC#N)C(=O)C(C)NC(=O)OC(C)(C)C. The molecule has 0 aliphatic rings. The topological polar surface area (TPSA) is 132 Å². The van der Waals surface area contributed by atoms with Gasteiger partial charge in [-0.1, -0.05) is 31.5 Å². The predicted octanol–water partition coefficient (Wildman–Crippen LogP) is 3.31. The summed E-state index contributed by atoms with van der Waals surface area (Å²) < 4.78 is 5.20. The van der Waals surface area contributed by atoms with Gasteiger partial charge in [-0.3, -0.25) is 9.59 Å². The Balaban J connectivity index is 3.36. The van der Waals surface area contributed by atoms with E-state index in [0.29, 0.717) is 5.56 Å². The van der Waals surface area contributed by atoms with Crippen molar-refractivity contribution < 1.29 is 24.2 Å². The molecule has 1 aromatic rings. The van der Waals surface area contributed by atoms with Crippen LogP contribution in [0.25, 0.3) is 0 Å². The molecule has 0 saturated heterocycles. The zero-order valence-electron chi connectivity index (χ0n) is 20.6. The van der Waals surface area contributed by atoms with Crippen molar-refractivity contribution in [2.24, 2.45) is 0 Å². The van der Waals surface area contributed by atoms with Gasteiger partial charge in [-0.15, -0.1) is 0 Å². The number of ether oxygens (including phenoxy) is 1. The summed E-state index contributed by atoms with van der Waals surface area (Å²) in [6.07, 6.45) is 0.775. The first-order valence-electron chi connectivity index (χ1n) is 11.1. The first-order valence-corrected chi connectivity index (χ1v) is 11.1. The van der Waals surface area contributed by atoms with Crippen LogP contribution in [-0.2, 0) is 14.3 Å². The third-order valence-corrected chi connectivity index (χ3v) is 4.86. The molecule has 0 bridgehead atoms. The second-order valence-corrected chi connectivity index (χ2v) is 9.11. The summed E-state index contributed by atoms with van der Waals surface area (Å²) in [4.78, 5) is 39.8. The average Bonchev–Trinajstić information content (AvgIpc) is 2.68. The highest BCUT2D eigenvalue weighted by atomic mass is 16.6. The maximum absolute atomic E-state index is 13.3. The Kier molecular flexibility index (Phi) is 10.2. The van der Waals surface area contributed by atoms with Crippen LogP contribution >= 0.6 is 0 Å². The summed E-state index contributed by atoms with van der Waals surface area (Å²) in [5.74, 6) is -1.32. The van der Waals surface area contributed by atoms with Gasteiger partial charge >= 0.3 is 6.09 Å². The van der Waals surface area contributed by atoms with Gasteiger partial charge in [-0.05, 0) is 53.5 Å². The minimum atomic E-state index is -1.26. The standard InChI is InChI=1S/C24H36N4O5/c1-8-10-16(3)26-21(30)19(18-12-9-11-15(2)20(18)29)28(14-13-25)22(31)17(4)27-23(32)33-24(5,6)7/h9,11-12,16-17,19,29H,8,10,14H2,1-7H3,(H,26,30)(H,27,32). The molecule has 0 spiro atoms. The Morgan fingerprint density at radius 2 is 1.85 bits per heavy atom. The minimum absolute atomic E-state index is 0.135. The van der Waals surface area contributed by atoms with Crippen molar-refractivity contribution in [1.29, 1.82) is 5.26 Å². The van der Waals surface area contributed by atoms with Crippen molar-refractivity contribution in [1.82, 2.24) is 15.5 Å². The molecule has 3 amide bonds. The summed E-state index contributed by atoms with van der Waals surface area (Å²) >= 11 is 0. The van der Waals surface area contributed by atoms with Gasteiger partial charge in [0.2, 0.25) is 11.8 Å². The lowest BCUT2D eigenvalue weighted by Gasteiger charge is -2.33. The van der Waals surface area contributed by atoms with Gasteiger partial charge in [-0.25, -0.2) is 4.79 Å². The van der Waals surface area contributed by atoms with Crippen molar-refractivity contribution in [3.8, 4) is 11.8 Å². The van der Waals surface area contributed by atoms with Gasteiger partial charge in [0.15, 0.2) is 0 Å². The van der Waals surface area contributed by atoms with E-state index in [2.05, 4.69) is 10.6 Å². The zero-order valence-corrected chi connectivity index (χ0v) is 20.6. The Labute approximate surface area is 196 Å². The van der Waals surface area contributed by atoms with Crippen LogP contribution in [0.2, 0.25) is 0 Å². The number of nitriles is 1. The number of nitrogens with zero attached hydrogens (tertiary/aromatic N) is 2. The largest absolute Gasteiger partial charge is 0.507 e. The molecule has 0 aliphatic heterocycles. The van der Waals surface area contributed by atoms with Crippen LogP contribution in [0.15, 0.2) is 18.2 Å². The number of hydrogen-bond donors (Lipinski definition) is 3. The number of carbonyl (C=O) groups excluding carboxylic acids is 3. The van der Waals surface area contributed by atoms with Crippen LogP contribution in [0, 0.1) is 18.3 Å². The second-order valence-electron chi connectivity index (χ2n) is 9.11. The number of rotatable bonds is 9. The Bertz CT molecular complexity index is 888. The fourth-order valence-corrected chi connectivity index (χ4v) is 3.35. The van der Waals surface area contributed by atoms with Crippen LogP contribution in [0.5, 0.6) is 5.75 Å². The maximum atomic E-state index is 13.3. The van der Waals surface area contributed by atoms with E-state index in [-0.39, 0.29) is 17.4 Å². The fourth-order valence-electron chi connectivity index (χ4n) is 3.35. The highest BCUT2D eigenvalue weighted by molar-refractivity contribution is 5.92. The third-order valence-electron chi connectivity index (χ3n) is 4.86. The molecule has 0 saturated carbocycles. The van der Waals surface area contributed by atoms with E-state index in [0.717, 1.165) is 17.7 Å². The average molecular weight is 461 g/mol. The number of amides is 3. The first-order chi connectivity index (χ1) is 15.3. The molecule has 0 aromatic heterocycles. The minimum Gasteiger partial charge on any atom is -0.507 e. The number of nitrogens with one attached hydrogen (secondary N) is 2. The summed E-state index contributed by atoms with van der Waals surface area (Å²) in [5.41, 5.74) is -0.0369. The molecule has 0 fully saturated rings. The number of carbonyl (C=O) groups is 3. The van der Waals surface area contributed by atoms with Crippen molar-refractivity contribution in [3.63, 3.8) is 0 Å². The number of para-hydroxylation sites is 1. The second kappa shape index (κ2) is 12.1. The molecule has 0 heterocycles. The summed E-state index contributed by atoms with van der Waals surface area (Å²) in [7, 11) is 0. The highest BCUT2D eigenvalue weighted by Crippen LogP contribution is 2.32. The molecular formula is C24H36N4O5. The van der Waals surface area contributed by atoms with Crippen LogP contribution in [0.4, 0.5) is 4.79 Å². The van der Waals surface area contributed by atoms with Crippen LogP contribution < -0.4 is 10.6 Å². The number of aromatic hydroxyl groups is 1. The van der Waals surface area contributed by atoms with Crippen LogP contribution in [-0.4, -0.2) is 52.1 Å². The van der Waals surface area contributed by atoms with Crippen molar-refractivity contribution in [2.75, 3.05) is 6.54 Å². The van der Waals surface area contributed by atoms with E-state index < -0.39 is 42.1 Å². The smallest absolute Gasteiger partial charge is 0.408 e. The number of phenols is 1. The molecule has 33 heavy (non-hydrogen) atoms. The predicted molar refractivity (Wildman–Crippen MR) is 124 cm³/mol. The van der Waals surface area contributed by atoms with E-state index in [9.17, 15) is 24.8 Å². The number of benzene rings is 1. The lowest BCUT2D eigenvalue weighted by molar-refractivity contribution is -0.141. The third kappa shape index (κ3) is 8.29. The molecule has 3 N–H and O–H groups in total.